The highest BCUT2D eigenvalue weighted by Gasteiger charge is 2.66. The first-order chi connectivity index (χ1) is 9.15. The van der Waals surface area contributed by atoms with E-state index in [1.165, 1.54) is 22.0 Å². The van der Waals surface area contributed by atoms with E-state index in [0.717, 1.165) is 0 Å². The van der Waals surface area contributed by atoms with Crippen LogP contribution in [-0.2, 0) is 14.4 Å². The Hall–Kier alpha value is -1.47. The van der Waals surface area contributed by atoms with E-state index in [9.17, 15) is 19.5 Å². The molecule has 20 heavy (non-hydrogen) atoms. The van der Waals surface area contributed by atoms with Crippen LogP contribution in [0.25, 0.3) is 0 Å². The highest BCUT2D eigenvalue weighted by Crippen LogP contribution is 2.46. The maximum Gasteiger partial charge on any atom is 0.248 e. The van der Waals surface area contributed by atoms with Crippen molar-refractivity contribution in [2.75, 3.05) is 12.7 Å². The average molecular weight is 294 g/mol. The van der Waals surface area contributed by atoms with E-state index in [1.807, 2.05) is 0 Å². The van der Waals surface area contributed by atoms with Gasteiger partial charge in [-0.3, -0.25) is 19.3 Å². The molecule has 0 saturated carbocycles. The summed E-state index contributed by atoms with van der Waals surface area (Å²) in [5.74, 6) is -2.36. The van der Waals surface area contributed by atoms with E-state index in [2.05, 4.69) is 19.6 Å². The first-order valence-corrected chi connectivity index (χ1v) is 10.4. The third kappa shape index (κ3) is 1.62. The lowest BCUT2D eigenvalue weighted by molar-refractivity contribution is -0.150. The van der Waals surface area contributed by atoms with E-state index in [0.29, 0.717) is 6.17 Å². The number of nitrogens with zero attached hydrogens (tertiary/aromatic N) is 2. The summed E-state index contributed by atoms with van der Waals surface area (Å²) in [7, 11) is -1.62. The lowest BCUT2D eigenvalue weighted by Gasteiger charge is -2.31. The number of hydrogen-bond acceptors (Lipinski definition) is 4. The Balaban J connectivity index is 1.94. The fourth-order valence-electron chi connectivity index (χ4n) is 3.34. The molecule has 0 spiro atoms. The van der Waals surface area contributed by atoms with Gasteiger partial charge in [-0.1, -0.05) is 19.6 Å². The number of imide groups is 1. The number of amides is 3. The van der Waals surface area contributed by atoms with Crippen molar-refractivity contribution in [1.29, 1.82) is 0 Å². The summed E-state index contributed by atoms with van der Waals surface area (Å²) >= 11 is 0. The van der Waals surface area contributed by atoms with Crippen LogP contribution in [-0.4, -0.2) is 59.1 Å². The molecule has 7 heteroatoms. The lowest BCUT2D eigenvalue weighted by atomic mass is 9.90. The highest BCUT2D eigenvalue weighted by molar-refractivity contribution is 6.76. The molecule has 3 aliphatic rings. The van der Waals surface area contributed by atoms with Crippen molar-refractivity contribution < 1.29 is 19.5 Å². The third-order valence-electron chi connectivity index (χ3n) is 4.16. The number of carbonyl (C=O) groups is 3. The molecule has 0 aliphatic carbocycles. The third-order valence-corrected chi connectivity index (χ3v) is 5.42. The summed E-state index contributed by atoms with van der Waals surface area (Å²) in [5, 5.41) is 10.6. The second kappa shape index (κ2) is 3.79. The van der Waals surface area contributed by atoms with Gasteiger partial charge in [0.2, 0.25) is 17.7 Å². The number of rotatable bonds is 2. The van der Waals surface area contributed by atoms with Crippen LogP contribution in [0.4, 0.5) is 0 Å². The first-order valence-electron chi connectivity index (χ1n) is 6.73. The standard InChI is InChI=1S/C13H18N2O4Si/c1-20(2,3)7-14-11(17)8-6-15-9(16)4-5-13(15,19)10(8)12(14)18/h4-5,8,10,19H,6-7H2,1-3H3/t8-,10+,13+/m1/s1. The van der Waals surface area contributed by atoms with Crippen LogP contribution in [0.15, 0.2) is 12.2 Å². The first kappa shape index (κ1) is 13.5. The predicted octanol–water partition coefficient (Wildman–Crippen LogP) is -0.434. The molecular weight excluding hydrogens is 276 g/mol. The van der Waals surface area contributed by atoms with Gasteiger partial charge in [0.15, 0.2) is 5.72 Å². The Morgan fingerprint density at radius 3 is 2.55 bits per heavy atom. The largest absolute Gasteiger partial charge is 0.366 e. The van der Waals surface area contributed by atoms with Crippen molar-refractivity contribution >= 4 is 25.8 Å². The molecule has 6 nitrogen and oxygen atoms in total. The number of hydrogen-bond donors (Lipinski definition) is 1. The maximum absolute atomic E-state index is 12.5. The van der Waals surface area contributed by atoms with Crippen LogP contribution in [0.2, 0.25) is 19.6 Å². The van der Waals surface area contributed by atoms with E-state index in [4.69, 9.17) is 0 Å². The van der Waals surface area contributed by atoms with E-state index < -0.39 is 25.6 Å². The van der Waals surface area contributed by atoms with Crippen molar-refractivity contribution in [2.45, 2.75) is 25.4 Å². The zero-order valence-electron chi connectivity index (χ0n) is 11.8. The van der Waals surface area contributed by atoms with Gasteiger partial charge in [0, 0.05) is 18.8 Å². The van der Waals surface area contributed by atoms with Crippen LogP contribution in [0, 0.1) is 11.8 Å². The minimum atomic E-state index is -1.62. The van der Waals surface area contributed by atoms with Crippen LogP contribution >= 0.6 is 0 Å². The molecule has 0 aromatic heterocycles. The van der Waals surface area contributed by atoms with Crippen molar-refractivity contribution in [2.24, 2.45) is 11.8 Å². The molecule has 3 aliphatic heterocycles. The number of likely N-dealkylation sites (tertiary alicyclic amines) is 1. The molecule has 2 saturated heterocycles. The van der Waals surface area contributed by atoms with Gasteiger partial charge in [-0.05, 0) is 6.08 Å². The van der Waals surface area contributed by atoms with Crippen molar-refractivity contribution in [3.05, 3.63) is 12.2 Å². The number of carbonyl (C=O) groups excluding carboxylic acids is 3. The maximum atomic E-state index is 12.5. The second-order valence-electron chi connectivity index (χ2n) is 6.97. The molecule has 3 rings (SSSR count). The Morgan fingerprint density at radius 2 is 1.95 bits per heavy atom. The Morgan fingerprint density at radius 1 is 1.30 bits per heavy atom. The zero-order valence-corrected chi connectivity index (χ0v) is 12.8. The minimum Gasteiger partial charge on any atom is -0.366 e. The van der Waals surface area contributed by atoms with Gasteiger partial charge in [-0.25, -0.2) is 0 Å². The van der Waals surface area contributed by atoms with Gasteiger partial charge in [0.1, 0.15) is 5.92 Å². The zero-order chi connectivity index (χ0) is 14.9. The van der Waals surface area contributed by atoms with Gasteiger partial charge < -0.3 is 10.0 Å². The molecule has 3 atom stereocenters. The lowest BCUT2D eigenvalue weighted by Crippen LogP contribution is -2.51. The monoisotopic (exact) mass is 294 g/mol. The smallest absolute Gasteiger partial charge is 0.248 e. The van der Waals surface area contributed by atoms with E-state index in [1.54, 1.807) is 0 Å². The molecule has 1 N–H and O–H groups in total. The van der Waals surface area contributed by atoms with Crippen molar-refractivity contribution in [1.82, 2.24) is 9.80 Å². The van der Waals surface area contributed by atoms with E-state index in [-0.39, 0.29) is 24.3 Å². The fraction of sp³-hybridized carbons (Fsp3) is 0.615. The van der Waals surface area contributed by atoms with Gasteiger partial charge in [-0.15, -0.1) is 0 Å². The Kier molecular flexibility index (Phi) is 2.56. The summed E-state index contributed by atoms with van der Waals surface area (Å²) in [6, 6.07) is 0. The molecular formula is C13H18N2O4Si. The molecule has 0 unspecified atom stereocenters. The van der Waals surface area contributed by atoms with Crippen LogP contribution < -0.4 is 0 Å². The fourth-order valence-corrected chi connectivity index (χ4v) is 4.60. The minimum absolute atomic E-state index is 0.125. The summed E-state index contributed by atoms with van der Waals surface area (Å²) in [5.41, 5.74) is -1.61. The second-order valence-corrected chi connectivity index (χ2v) is 12.4. The predicted molar refractivity (Wildman–Crippen MR) is 72.8 cm³/mol. The molecule has 0 aromatic carbocycles. The summed E-state index contributed by atoms with van der Waals surface area (Å²) in [6.07, 6.45) is 3.09. The van der Waals surface area contributed by atoms with Crippen LogP contribution in [0.3, 0.4) is 0 Å². The summed E-state index contributed by atoms with van der Waals surface area (Å²) < 4.78 is 0. The normalized spacial score (nSPS) is 36.1. The summed E-state index contributed by atoms with van der Waals surface area (Å²) in [6.45, 7) is 6.38. The molecule has 0 bridgehead atoms. The molecule has 108 valence electrons. The Labute approximate surface area is 118 Å². The van der Waals surface area contributed by atoms with Gasteiger partial charge in [0.25, 0.3) is 0 Å². The van der Waals surface area contributed by atoms with Gasteiger partial charge in [-0.2, -0.15) is 0 Å². The van der Waals surface area contributed by atoms with E-state index >= 15 is 0 Å². The number of aliphatic hydroxyl groups is 1. The topological polar surface area (TPSA) is 77.9 Å². The number of fused-ring (bicyclic) bond motifs is 3. The van der Waals surface area contributed by atoms with Crippen LogP contribution in [0.1, 0.15) is 0 Å². The quantitative estimate of drug-likeness (QED) is 0.553. The van der Waals surface area contributed by atoms with Gasteiger partial charge in [0.05, 0.1) is 14.0 Å². The average Bonchev–Trinajstić information content (AvgIpc) is 2.85. The van der Waals surface area contributed by atoms with Crippen molar-refractivity contribution in [3.8, 4) is 0 Å². The highest BCUT2D eigenvalue weighted by atomic mass is 28.3. The summed E-state index contributed by atoms with van der Waals surface area (Å²) in [4.78, 5) is 39.1. The molecule has 0 aromatic rings. The molecule has 3 heterocycles. The van der Waals surface area contributed by atoms with Gasteiger partial charge >= 0.3 is 0 Å². The van der Waals surface area contributed by atoms with Crippen LogP contribution in [0.5, 0.6) is 0 Å². The molecule has 3 amide bonds. The SMILES string of the molecule is C[Si](C)(C)CN1C(=O)[C@@H]2[C@@H](CN3C(=O)C=C[C@]23O)C1=O. The Bertz CT molecular complexity index is 553. The molecule has 2 fully saturated rings. The molecule has 0 radical (unpaired) electrons. The van der Waals surface area contributed by atoms with Crippen molar-refractivity contribution in [3.63, 3.8) is 0 Å².